The summed E-state index contributed by atoms with van der Waals surface area (Å²) in [4.78, 5) is 14.3. The van der Waals surface area contributed by atoms with E-state index in [0.29, 0.717) is 32.7 Å². The molecule has 0 saturated carbocycles. The minimum absolute atomic E-state index is 0.215. The van der Waals surface area contributed by atoms with Crippen LogP contribution in [0.1, 0.15) is 21.6 Å². The van der Waals surface area contributed by atoms with Crippen molar-refractivity contribution < 1.29 is 9.53 Å². The monoisotopic (exact) mass is 332 g/mol. The first-order valence-corrected chi connectivity index (χ1v) is 6.75. The van der Waals surface area contributed by atoms with Crippen LogP contribution in [-0.4, -0.2) is 18.1 Å². The molecule has 0 spiro atoms. The van der Waals surface area contributed by atoms with Crippen LogP contribution in [0.2, 0.25) is 15.1 Å². The number of aromatic nitrogens is 1. The van der Waals surface area contributed by atoms with Gasteiger partial charge in [-0.25, -0.2) is 4.79 Å². The zero-order valence-corrected chi connectivity index (χ0v) is 12.7. The van der Waals surface area contributed by atoms with Crippen LogP contribution in [0.3, 0.4) is 0 Å². The molecule has 1 aromatic heterocycles. The summed E-state index contributed by atoms with van der Waals surface area (Å²) in [7, 11) is 1.29. The van der Waals surface area contributed by atoms with Gasteiger partial charge in [0.2, 0.25) is 0 Å². The molecule has 0 saturated heterocycles. The number of methoxy groups -OCH3 is 1. The zero-order chi connectivity index (χ0) is 14.9. The molecule has 1 heterocycles. The van der Waals surface area contributed by atoms with Crippen molar-refractivity contribution in [2.45, 2.75) is 6.42 Å². The summed E-state index contributed by atoms with van der Waals surface area (Å²) in [6.45, 7) is 0. The Labute approximate surface area is 130 Å². The number of nitrogens with one attached hydrogen (secondary N) is 1. The second-order valence-corrected chi connectivity index (χ2v) is 5.35. The number of hydrogen-bond donors (Lipinski definition) is 2. The molecule has 0 aliphatic carbocycles. The maximum absolute atomic E-state index is 11.5. The van der Waals surface area contributed by atoms with Gasteiger partial charge in [-0.05, 0) is 23.3 Å². The van der Waals surface area contributed by atoms with Gasteiger partial charge < -0.3 is 15.5 Å². The predicted molar refractivity (Wildman–Crippen MR) is 80.8 cm³/mol. The van der Waals surface area contributed by atoms with Crippen LogP contribution in [-0.2, 0) is 11.2 Å². The molecule has 2 rings (SSSR count). The third-order valence-corrected chi connectivity index (χ3v) is 3.90. The van der Waals surface area contributed by atoms with Crippen LogP contribution < -0.4 is 5.73 Å². The molecule has 0 bridgehead atoms. The van der Waals surface area contributed by atoms with Crippen molar-refractivity contribution >= 4 is 46.5 Å². The van der Waals surface area contributed by atoms with Crippen LogP contribution in [0.15, 0.2) is 18.3 Å². The van der Waals surface area contributed by atoms with E-state index < -0.39 is 5.97 Å². The standard InChI is InChI=1S/C13H11Cl3N2O2/c1-20-13(19)12-11(17)7(5-18-12)2-6-3-8(14)4-9(15)10(6)16/h3-5,18H,2,17H2,1H3. The van der Waals surface area contributed by atoms with Gasteiger partial charge in [0.15, 0.2) is 0 Å². The number of rotatable bonds is 3. The summed E-state index contributed by atoms with van der Waals surface area (Å²) >= 11 is 18.1. The average Bonchev–Trinajstić information content (AvgIpc) is 2.76. The maximum Gasteiger partial charge on any atom is 0.356 e. The molecule has 4 nitrogen and oxygen atoms in total. The highest BCUT2D eigenvalue weighted by molar-refractivity contribution is 6.43. The summed E-state index contributed by atoms with van der Waals surface area (Å²) < 4.78 is 4.62. The fraction of sp³-hybridized carbons (Fsp3) is 0.154. The van der Waals surface area contributed by atoms with Gasteiger partial charge in [-0.2, -0.15) is 0 Å². The minimum Gasteiger partial charge on any atom is -0.464 e. The van der Waals surface area contributed by atoms with Gasteiger partial charge in [0.25, 0.3) is 0 Å². The molecule has 1 aromatic carbocycles. The second kappa shape index (κ2) is 5.95. The Hall–Kier alpha value is -1.36. The number of hydrogen-bond acceptors (Lipinski definition) is 3. The van der Waals surface area contributed by atoms with Crippen LogP contribution >= 0.6 is 34.8 Å². The average molecular weight is 334 g/mol. The van der Waals surface area contributed by atoms with E-state index in [1.165, 1.54) is 7.11 Å². The third-order valence-electron chi connectivity index (χ3n) is 2.84. The van der Waals surface area contributed by atoms with Crippen molar-refractivity contribution in [3.8, 4) is 0 Å². The predicted octanol–water partition coefficient (Wildman–Crippen LogP) is 3.93. The highest BCUT2D eigenvalue weighted by Gasteiger charge is 2.17. The Morgan fingerprint density at radius 3 is 2.65 bits per heavy atom. The number of anilines is 1. The van der Waals surface area contributed by atoms with Gasteiger partial charge in [0.05, 0.1) is 22.8 Å². The van der Waals surface area contributed by atoms with E-state index in [0.717, 1.165) is 5.56 Å². The van der Waals surface area contributed by atoms with E-state index in [-0.39, 0.29) is 5.69 Å². The Morgan fingerprint density at radius 1 is 1.30 bits per heavy atom. The number of benzene rings is 1. The van der Waals surface area contributed by atoms with Gasteiger partial charge in [0, 0.05) is 17.6 Å². The molecule has 0 unspecified atom stereocenters. The van der Waals surface area contributed by atoms with E-state index in [9.17, 15) is 4.79 Å². The third kappa shape index (κ3) is 2.87. The molecule has 20 heavy (non-hydrogen) atoms. The summed E-state index contributed by atoms with van der Waals surface area (Å²) in [6.07, 6.45) is 2.03. The molecule has 106 valence electrons. The Bertz CT molecular complexity index is 668. The molecule has 3 N–H and O–H groups in total. The highest BCUT2D eigenvalue weighted by Crippen LogP contribution is 2.32. The summed E-state index contributed by atoms with van der Waals surface area (Å²) in [5, 5.41) is 1.27. The number of halogens is 3. The minimum atomic E-state index is -0.524. The largest absolute Gasteiger partial charge is 0.464 e. The molecule has 0 aliphatic heterocycles. The fourth-order valence-electron chi connectivity index (χ4n) is 1.84. The SMILES string of the molecule is COC(=O)c1[nH]cc(Cc2cc(Cl)cc(Cl)c2Cl)c1N. The van der Waals surface area contributed by atoms with E-state index in [2.05, 4.69) is 9.72 Å². The Balaban J connectivity index is 2.36. The van der Waals surface area contributed by atoms with Crippen molar-refractivity contribution in [3.63, 3.8) is 0 Å². The molecule has 2 aromatic rings. The molecular weight excluding hydrogens is 323 g/mol. The Kier molecular flexibility index (Phi) is 4.48. The van der Waals surface area contributed by atoms with Crippen molar-refractivity contribution in [3.05, 3.63) is 50.2 Å². The summed E-state index contributed by atoms with van der Waals surface area (Å²) in [6, 6.07) is 3.27. The number of esters is 1. The van der Waals surface area contributed by atoms with E-state index in [4.69, 9.17) is 40.5 Å². The fourth-order valence-corrected chi connectivity index (χ4v) is 2.55. The molecular formula is C13H11Cl3N2O2. The number of nitrogens with two attached hydrogens (primary N) is 1. The molecule has 0 amide bonds. The number of H-pyrrole nitrogens is 1. The lowest BCUT2D eigenvalue weighted by molar-refractivity contribution is 0.0596. The first-order chi connectivity index (χ1) is 9.43. The lowest BCUT2D eigenvalue weighted by Gasteiger charge is -2.07. The lowest BCUT2D eigenvalue weighted by atomic mass is 10.1. The second-order valence-electron chi connectivity index (χ2n) is 4.13. The Morgan fingerprint density at radius 2 is 2.00 bits per heavy atom. The van der Waals surface area contributed by atoms with Gasteiger partial charge in [-0.1, -0.05) is 34.8 Å². The van der Waals surface area contributed by atoms with Crippen molar-refractivity contribution in [2.24, 2.45) is 0 Å². The van der Waals surface area contributed by atoms with Crippen molar-refractivity contribution in [2.75, 3.05) is 12.8 Å². The lowest BCUT2D eigenvalue weighted by Crippen LogP contribution is -2.05. The normalized spacial score (nSPS) is 10.6. The number of nitrogen functional groups attached to an aromatic ring is 1. The first kappa shape index (κ1) is 15.0. The molecule has 7 heteroatoms. The van der Waals surface area contributed by atoms with Crippen LogP contribution in [0, 0.1) is 0 Å². The van der Waals surface area contributed by atoms with Crippen molar-refractivity contribution in [1.82, 2.24) is 4.98 Å². The van der Waals surface area contributed by atoms with Gasteiger partial charge in [-0.3, -0.25) is 0 Å². The van der Waals surface area contributed by atoms with E-state index in [1.807, 2.05) is 0 Å². The van der Waals surface area contributed by atoms with Gasteiger partial charge in [-0.15, -0.1) is 0 Å². The molecule has 0 atom stereocenters. The topological polar surface area (TPSA) is 68.1 Å². The number of carbonyl (C=O) groups excluding carboxylic acids is 1. The molecule has 0 radical (unpaired) electrons. The summed E-state index contributed by atoms with van der Waals surface area (Å²) in [5.74, 6) is -0.524. The maximum atomic E-state index is 11.5. The van der Waals surface area contributed by atoms with Crippen LogP contribution in [0.25, 0.3) is 0 Å². The van der Waals surface area contributed by atoms with Crippen molar-refractivity contribution in [1.29, 1.82) is 0 Å². The smallest absolute Gasteiger partial charge is 0.356 e. The van der Waals surface area contributed by atoms with E-state index in [1.54, 1.807) is 18.3 Å². The quantitative estimate of drug-likeness (QED) is 0.660. The number of aromatic amines is 1. The first-order valence-electron chi connectivity index (χ1n) is 5.61. The zero-order valence-electron chi connectivity index (χ0n) is 10.5. The summed E-state index contributed by atoms with van der Waals surface area (Å²) in [5.41, 5.74) is 7.89. The van der Waals surface area contributed by atoms with Gasteiger partial charge >= 0.3 is 5.97 Å². The van der Waals surface area contributed by atoms with Gasteiger partial charge in [0.1, 0.15) is 5.69 Å². The highest BCUT2D eigenvalue weighted by atomic mass is 35.5. The van der Waals surface area contributed by atoms with Crippen LogP contribution in [0.5, 0.6) is 0 Å². The number of ether oxygens (including phenoxy) is 1. The van der Waals surface area contributed by atoms with E-state index >= 15 is 0 Å². The number of carbonyl (C=O) groups is 1. The molecule has 0 aliphatic rings. The van der Waals surface area contributed by atoms with Crippen LogP contribution in [0.4, 0.5) is 5.69 Å². The molecule has 0 fully saturated rings.